The van der Waals surface area contributed by atoms with Crippen LogP contribution in [0.1, 0.15) is 24.4 Å². The van der Waals surface area contributed by atoms with Crippen molar-refractivity contribution in [2.24, 2.45) is 13.0 Å². The summed E-state index contributed by atoms with van der Waals surface area (Å²) in [7, 11) is 3.58. The number of hydrogen-bond donors (Lipinski definition) is 2. The van der Waals surface area contributed by atoms with Crippen molar-refractivity contribution in [2.75, 3.05) is 25.5 Å². The second-order valence-corrected chi connectivity index (χ2v) is 7.06. The van der Waals surface area contributed by atoms with E-state index >= 15 is 0 Å². The smallest absolute Gasteiger partial charge is 0.244 e. The molecule has 0 aromatic carbocycles. The van der Waals surface area contributed by atoms with Gasteiger partial charge in [-0.2, -0.15) is 5.10 Å². The Morgan fingerprint density at radius 1 is 1.21 bits per heavy atom. The minimum Gasteiger partial charge on any atom is -0.341 e. The van der Waals surface area contributed by atoms with Crippen LogP contribution in [0.15, 0.2) is 30.7 Å². The van der Waals surface area contributed by atoms with Gasteiger partial charge in [-0.1, -0.05) is 11.6 Å². The summed E-state index contributed by atoms with van der Waals surface area (Å²) < 4.78 is 1.67. The van der Waals surface area contributed by atoms with Crippen molar-refractivity contribution in [1.29, 1.82) is 0 Å². The summed E-state index contributed by atoms with van der Waals surface area (Å²) >= 11 is 5.80. The number of hydrogen-bond acceptors (Lipinski definition) is 5. The van der Waals surface area contributed by atoms with Crippen molar-refractivity contribution in [3.05, 3.63) is 41.3 Å². The van der Waals surface area contributed by atoms with Gasteiger partial charge in [0.15, 0.2) is 0 Å². The lowest BCUT2D eigenvalue weighted by Gasteiger charge is -2.33. The summed E-state index contributed by atoms with van der Waals surface area (Å²) in [5, 5.41) is 10.5. The number of anilines is 1. The fraction of sp³-hybridized carbons (Fsp3) is 0.444. The lowest BCUT2D eigenvalue weighted by molar-refractivity contribution is -0.136. The quantitative estimate of drug-likeness (QED) is 0.710. The van der Waals surface area contributed by atoms with Crippen LogP contribution >= 0.6 is 36.4 Å². The Bertz CT molecular complexity index is 806. The molecule has 0 aliphatic carbocycles. The molecular formula is C18H25Cl3N6O2. The zero-order valence-electron chi connectivity index (χ0n) is 16.2. The highest BCUT2D eigenvalue weighted by Crippen LogP contribution is 2.23. The molecule has 160 valence electrons. The molecule has 0 bridgehead atoms. The lowest BCUT2D eigenvalue weighted by atomic mass is 9.95. The Balaban J connectivity index is 0.00000210. The molecule has 0 saturated carbocycles. The molecule has 3 rings (SSSR count). The molecule has 1 atom stereocenters. The maximum atomic E-state index is 12.8. The number of aromatic nitrogens is 3. The summed E-state index contributed by atoms with van der Waals surface area (Å²) in [6, 6.07) is 2.92. The molecule has 8 nitrogen and oxygen atoms in total. The molecule has 2 amide bonds. The number of pyridine rings is 1. The number of halogens is 3. The molecule has 3 heterocycles. The fourth-order valence-electron chi connectivity index (χ4n) is 3.24. The molecule has 29 heavy (non-hydrogen) atoms. The third kappa shape index (κ3) is 6.30. The van der Waals surface area contributed by atoms with Crippen LogP contribution in [0.3, 0.4) is 0 Å². The van der Waals surface area contributed by atoms with Crippen LogP contribution < -0.4 is 10.6 Å². The van der Waals surface area contributed by atoms with Crippen LogP contribution in [0.25, 0.3) is 0 Å². The SMILES string of the molecule is CNC(C(=O)N1CCC(C(=O)Nc2ccc(Cl)cn2)CC1)c1cnn(C)c1.Cl.Cl. The molecule has 11 heteroatoms. The minimum absolute atomic E-state index is 0. The van der Waals surface area contributed by atoms with Crippen LogP contribution in [0.4, 0.5) is 5.82 Å². The summed E-state index contributed by atoms with van der Waals surface area (Å²) in [6.45, 7) is 1.09. The first-order valence-corrected chi connectivity index (χ1v) is 9.22. The van der Waals surface area contributed by atoms with Crippen molar-refractivity contribution in [2.45, 2.75) is 18.9 Å². The van der Waals surface area contributed by atoms with Gasteiger partial charge >= 0.3 is 0 Å². The first kappa shape index (κ1) is 25.2. The standard InChI is InChI=1S/C18H23ClN6O2.2ClH/c1-20-16(13-9-22-24(2)11-13)18(27)25-7-5-12(6-8-25)17(26)23-15-4-3-14(19)10-21-15;;/h3-4,9-12,16,20H,5-8H2,1-2H3,(H,21,23,26);2*1H. The van der Waals surface area contributed by atoms with E-state index in [0.717, 1.165) is 5.56 Å². The van der Waals surface area contributed by atoms with E-state index in [-0.39, 0.29) is 42.5 Å². The fourth-order valence-corrected chi connectivity index (χ4v) is 3.36. The number of nitrogens with one attached hydrogen (secondary N) is 2. The Hall–Kier alpha value is -1.87. The van der Waals surface area contributed by atoms with Crippen LogP contribution in [-0.4, -0.2) is 51.6 Å². The Morgan fingerprint density at radius 3 is 2.41 bits per heavy atom. The summed E-state index contributed by atoms with van der Waals surface area (Å²) in [5.41, 5.74) is 0.832. The number of piperidine rings is 1. The van der Waals surface area contributed by atoms with E-state index in [9.17, 15) is 9.59 Å². The highest BCUT2D eigenvalue weighted by atomic mass is 35.5. The molecule has 2 aromatic heterocycles. The number of carbonyl (C=O) groups is 2. The molecule has 2 N–H and O–H groups in total. The number of likely N-dealkylation sites (tertiary alicyclic amines) is 1. The van der Waals surface area contributed by atoms with Gasteiger partial charge in [0.2, 0.25) is 11.8 Å². The number of amides is 2. The maximum Gasteiger partial charge on any atom is 0.244 e. The predicted octanol–water partition coefficient (Wildman–Crippen LogP) is 2.45. The van der Waals surface area contributed by atoms with Crippen LogP contribution in [-0.2, 0) is 16.6 Å². The topological polar surface area (TPSA) is 92.2 Å². The van der Waals surface area contributed by atoms with Gasteiger partial charge in [-0.3, -0.25) is 14.3 Å². The molecule has 1 aliphatic rings. The van der Waals surface area contributed by atoms with Crippen molar-refractivity contribution < 1.29 is 9.59 Å². The highest BCUT2D eigenvalue weighted by molar-refractivity contribution is 6.30. The molecule has 1 unspecified atom stereocenters. The average Bonchev–Trinajstić information content (AvgIpc) is 3.10. The van der Waals surface area contributed by atoms with Gasteiger partial charge in [0, 0.05) is 44.0 Å². The number of rotatable bonds is 5. The van der Waals surface area contributed by atoms with E-state index in [1.807, 2.05) is 13.2 Å². The van der Waals surface area contributed by atoms with Gasteiger partial charge < -0.3 is 15.5 Å². The molecule has 0 spiro atoms. The second-order valence-electron chi connectivity index (χ2n) is 6.62. The van der Waals surface area contributed by atoms with Crippen LogP contribution in [0.5, 0.6) is 0 Å². The van der Waals surface area contributed by atoms with Gasteiger partial charge in [-0.15, -0.1) is 24.8 Å². The van der Waals surface area contributed by atoms with E-state index in [0.29, 0.717) is 36.8 Å². The van der Waals surface area contributed by atoms with Gasteiger partial charge in [0.05, 0.1) is 11.2 Å². The van der Waals surface area contributed by atoms with Crippen LogP contribution in [0, 0.1) is 5.92 Å². The van der Waals surface area contributed by atoms with Gasteiger partial charge in [-0.05, 0) is 32.0 Å². The summed E-state index contributed by atoms with van der Waals surface area (Å²) in [4.78, 5) is 31.2. The van der Waals surface area contributed by atoms with Gasteiger partial charge in [-0.25, -0.2) is 4.98 Å². The zero-order chi connectivity index (χ0) is 19.4. The number of nitrogens with zero attached hydrogens (tertiary/aromatic N) is 4. The Morgan fingerprint density at radius 2 is 1.90 bits per heavy atom. The maximum absolute atomic E-state index is 12.8. The molecule has 1 aliphatic heterocycles. The van der Waals surface area contributed by atoms with E-state index in [1.165, 1.54) is 6.20 Å². The average molecular weight is 464 g/mol. The highest BCUT2D eigenvalue weighted by Gasteiger charge is 2.31. The predicted molar refractivity (Wildman–Crippen MR) is 117 cm³/mol. The first-order chi connectivity index (χ1) is 13.0. The Kier molecular flexibility index (Phi) is 9.85. The molecule has 2 aromatic rings. The van der Waals surface area contributed by atoms with E-state index in [4.69, 9.17) is 11.6 Å². The second kappa shape index (κ2) is 11.3. The van der Waals surface area contributed by atoms with E-state index < -0.39 is 6.04 Å². The molecular weight excluding hydrogens is 439 g/mol. The van der Waals surface area contributed by atoms with Crippen molar-refractivity contribution in [3.63, 3.8) is 0 Å². The van der Waals surface area contributed by atoms with Crippen molar-refractivity contribution >= 4 is 54.0 Å². The normalized spacial score (nSPS) is 15.1. The Labute approximate surface area is 187 Å². The number of carbonyl (C=O) groups excluding carboxylic acids is 2. The third-order valence-electron chi connectivity index (χ3n) is 4.75. The minimum atomic E-state index is -0.428. The summed E-state index contributed by atoms with van der Waals surface area (Å²) in [6.07, 6.45) is 6.26. The number of aryl methyl sites for hydroxylation is 1. The molecule has 0 radical (unpaired) electrons. The molecule has 1 saturated heterocycles. The number of likely N-dealkylation sites (N-methyl/N-ethyl adjacent to an activating group) is 1. The zero-order valence-corrected chi connectivity index (χ0v) is 18.6. The molecule has 1 fully saturated rings. The van der Waals surface area contributed by atoms with E-state index in [1.54, 1.807) is 35.0 Å². The van der Waals surface area contributed by atoms with Crippen molar-refractivity contribution in [1.82, 2.24) is 25.0 Å². The first-order valence-electron chi connectivity index (χ1n) is 8.85. The van der Waals surface area contributed by atoms with E-state index in [2.05, 4.69) is 20.7 Å². The van der Waals surface area contributed by atoms with Gasteiger partial charge in [0.1, 0.15) is 11.9 Å². The largest absolute Gasteiger partial charge is 0.341 e. The summed E-state index contributed by atoms with van der Waals surface area (Å²) in [5.74, 6) is 0.269. The lowest BCUT2D eigenvalue weighted by Crippen LogP contribution is -2.45. The van der Waals surface area contributed by atoms with Crippen molar-refractivity contribution in [3.8, 4) is 0 Å². The van der Waals surface area contributed by atoms with Crippen LogP contribution in [0.2, 0.25) is 5.02 Å². The van der Waals surface area contributed by atoms with Gasteiger partial charge in [0.25, 0.3) is 0 Å². The monoisotopic (exact) mass is 462 g/mol. The third-order valence-corrected chi connectivity index (χ3v) is 4.97.